The molecule has 1 saturated heterocycles. The van der Waals surface area contributed by atoms with Gasteiger partial charge in [-0.25, -0.2) is 0 Å². The minimum Gasteiger partial charge on any atom is -0.396 e. The van der Waals surface area contributed by atoms with Gasteiger partial charge in [0.25, 0.3) is 0 Å². The maximum atomic E-state index is 9.21. The summed E-state index contributed by atoms with van der Waals surface area (Å²) < 4.78 is 0. The van der Waals surface area contributed by atoms with Crippen molar-refractivity contribution >= 4 is 5.96 Å². The van der Waals surface area contributed by atoms with E-state index in [2.05, 4.69) is 48.1 Å². The number of likely N-dealkylation sites (N-methyl/N-ethyl adjacent to an activating group) is 1. The van der Waals surface area contributed by atoms with Gasteiger partial charge in [-0.1, -0.05) is 27.2 Å². The van der Waals surface area contributed by atoms with Crippen LogP contribution in [0.25, 0.3) is 0 Å². The third-order valence-electron chi connectivity index (χ3n) is 5.18. The molecule has 1 aliphatic rings. The Labute approximate surface area is 161 Å². The maximum absolute atomic E-state index is 9.21. The van der Waals surface area contributed by atoms with Gasteiger partial charge in [-0.2, -0.15) is 0 Å². The van der Waals surface area contributed by atoms with Crippen molar-refractivity contribution in [3.05, 3.63) is 0 Å². The van der Waals surface area contributed by atoms with Crippen LogP contribution < -0.4 is 10.6 Å². The Morgan fingerprint density at radius 3 is 2.31 bits per heavy atom. The van der Waals surface area contributed by atoms with E-state index in [1.54, 1.807) is 0 Å². The number of hydrogen-bond donors (Lipinski definition) is 3. The average molecular weight is 370 g/mol. The van der Waals surface area contributed by atoms with Gasteiger partial charge in [-0.15, -0.1) is 0 Å². The fourth-order valence-corrected chi connectivity index (χ4v) is 3.56. The Kier molecular flexibility index (Phi) is 12.7. The summed E-state index contributed by atoms with van der Waals surface area (Å²) in [5.41, 5.74) is 0. The quantitative estimate of drug-likeness (QED) is 0.360. The Balaban J connectivity index is 2.39. The van der Waals surface area contributed by atoms with Gasteiger partial charge in [0.2, 0.25) is 0 Å². The van der Waals surface area contributed by atoms with Crippen LogP contribution in [0.15, 0.2) is 4.99 Å². The van der Waals surface area contributed by atoms with Crippen molar-refractivity contribution in [1.82, 2.24) is 20.4 Å². The van der Waals surface area contributed by atoms with Gasteiger partial charge in [-0.3, -0.25) is 4.99 Å². The first-order valence-corrected chi connectivity index (χ1v) is 10.7. The fourth-order valence-electron chi connectivity index (χ4n) is 3.56. The molecule has 0 aliphatic carbocycles. The lowest BCUT2D eigenvalue weighted by Gasteiger charge is -2.35. The van der Waals surface area contributed by atoms with Gasteiger partial charge in [0, 0.05) is 59.0 Å². The van der Waals surface area contributed by atoms with Gasteiger partial charge in [0.15, 0.2) is 5.96 Å². The van der Waals surface area contributed by atoms with Crippen molar-refractivity contribution in [2.75, 3.05) is 65.5 Å². The van der Waals surface area contributed by atoms with Gasteiger partial charge in [0.05, 0.1) is 0 Å². The average Bonchev–Trinajstić information content (AvgIpc) is 2.65. The van der Waals surface area contributed by atoms with Crippen LogP contribution in [-0.2, 0) is 0 Å². The summed E-state index contributed by atoms with van der Waals surface area (Å²) in [5, 5.41) is 16.0. The first-order chi connectivity index (χ1) is 12.6. The first kappa shape index (κ1) is 23.2. The van der Waals surface area contributed by atoms with Crippen molar-refractivity contribution < 1.29 is 5.11 Å². The van der Waals surface area contributed by atoms with Crippen LogP contribution in [0.5, 0.6) is 0 Å². The van der Waals surface area contributed by atoms with E-state index in [0.29, 0.717) is 11.8 Å². The van der Waals surface area contributed by atoms with Crippen molar-refractivity contribution in [3.63, 3.8) is 0 Å². The highest BCUT2D eigenvalue weighted by Crippen LogP contribution is 2.09. The highest BCUT2D eigenvalue weighted by molar-refractivity contribution is 5.79. The van der Waals surface area contributed by atoms with Crippen molar-refractivity contribution in [1.29, 1.82) is 0 Å². The molecular weight excluding hydrogens is 326 g/mol. The summed E-state index contributed by atoms with van der Waals surface area (Å²) >= 11 is 0. The molecular formula is C20H43N5O. The number of hydrogen-bond acceptors (Lipinski definition) is 4. The summed E-state index contributed by atoms with van der Waals surface area (Å²) in [6.45, 7) is 18.8. The molecule has 3 N–H and O–H groups in total. The molecule has 2 unspecified atom stereocenters. The number of aliphatic hydroxyl groups excluding tert-OH is 1. The minimum atomic E-state index is 0.266. The highest BCUT2D eigenvalue weighted by Gasteiger charge is 2.17. The van der Waals surface area contributed by atoms with E-state index in [0.717, 1.165) is 51.4 Å². The molecule has 0 saturated carbocycles. The Morgan fingerprint density at radius 2 is 1.73 bits per heavy atom. The van der Waals surface area contributed by atoms with Gasteiger partial charge >= 0.3 is 0 Å². The lowest BCUT2D eigenvalue weighted by atomic mass is 10.0. The largest absolute Gasteiger partial charge is 0.396 e. The van der Waals surface area contributed by atoms with Crippen LogP contribution in [-0.4, -0.2) is 86.4 Å². The molecule has 0 bridgehead atoms. The van der Waals surface area contributed by atoms with E-state index < -0.39 is 0 Å². The second kappa shape index (κ2) is 14.2. The maximum Gasteiger partial charge on any atom is 0.191 e. The molecule has 6 nitrogen and oxygen atoms in total. The SMILES string of the molecule is CCCC(CCO)CNC(=NCC(C)CN1CCN(CC)CC1)NCC. The van der Waals surface area contributed by atoms with E-state index in [1.807, 2.05) is 0 Å². The standard InChI is InChI=1S/C20H43N5O/c1-5-8-19(9-14-26)16-23-20(21-6-2)22-15-18(4)17-25-12-10-24(7-3)11-13-25/h18-19,26H,5-17H2,1-4H3,(H2,21,22,23). The molecule has 1 fully saturated rings. The number of piperazine rings is 1. The third-order valence-corrected chi connectivity index (χ3v) is 5.18. The zero-order chi connectivity index (χ0) is 19.2. The van der Waals surface area contributed by atoms with Crippen LogP contribution >= 0.6 is 0 Å². The molecule has 0 aromatic heterocycles. The summed E-state index contributed by atoms with van der Waals surface area (Å²) in [7, 11) is 0. The predicted molar refractivity (Wildman–Crippen MR) is 112 cm³/mol. The molecule has 1 heterocycles. The monoisotopic (exact) mass is 369 g/mol. The molecule has 6 heteroatoms. The van der Waals surface area contributed by atoms with Crippen molar-refractivity contribution in [2.45, 2.75) is 47.0 Å². The molecule has 0 amide bonds. The molecule has 0 aromatic rings. The van der Waals surface area contributed by atoms with E-state index in [1.165, 1.54) is 32.7 Å². The lowest BCUT2D eigenvalue weighted by molar-refractivity contribution is 0.125. The smallest absolute Gasteiger partial charge is 0.191 e. The van der Waals surface area contributed by atoms with Crippen LogP contribution in [0.2, 0.25) is 0 Å². The number of aliphatic imine (C=N–C) groups is 1. The number of guanidine groups is 1. The van der Waals surface area contributed by atoms with Gasteiger partial charge in [0.1, 0.15) is 0 Å². The van der Waals surface area contributed by atoms with Crippen molar-refractivity contribution in [3.8, 4) is 0 Å². The predicted octanol–water partition coefficient (Wildman–Crippen LogP) is 1.61. The molecule has 154 valence electrons. The van der Waals surface area contributed by atoms with Crippen LogP contribution in [0.4, 0.5) is 0 Å². The minimum absolute atomic E-state index is 0.266. The van der Waals surface area contributed by atoms with E-state index in [-0.39, 0.29) is 6.61 Å². The molecule has 1 rings (SSSR count). The molecule has 1 aliphatic heterocycles. The fraction of sp³-hybridized carbons (Fsp3) is 0.950. The van der Waals surface area contributed by atoms with Gasteiger partial charge in [-0.05, 0) is 38.1 Å². The summed E-state index contributed by atoms with van der Waals surface area (Å²) in [5.74, 6) is 1.98. The Bertz CT molecular complexity index is 363. The second-order valence-electron chi connectivity index (χ2n) is 7.61. The van der Waals surface area contributed by atoms with E-state index in [9.17, 15) is 5.11 Å². The lowest BCUT2D eigenvalue weighted by Crippen LogP contribution is -2.47. The van der Waals surface area contributed by atoms with Gasteiger partial charge < -0.3 is 25.5 Å². The zero-order valence-electron chi connectivity index (χ0n) is 17.6. The summed E-state index contributed by atoms with van der Waals surface area (Å²) in [6.07, 6.45) is 3.16. The summed E-state index contributed by atoms with van der Waals surface area (Å²) in [4.78, 5) is 9.89. The number of aliphatic hydroxyl groups is 1. The highest BCUT2D eigenvalue weighted by atomic mass is 16.3. The zero-order valence-corrected chi connectivity index (χ0v) is 17.6. The third kappa shape index (κ3) is 9.74. The Hall–Kier alpha value is -0.850. The molecule has 0 radical (unpaired) electrons. The van der Waals surface area contributed by atoms with Crippen LogP contribution in [0.1, 0.15) is 47.0 Å². The van der Waals surface area contributed by atoms with Crippen LogP contribution in [0, 0.1) is 11.8 Å². The number of rotatable bonds is 12. The topological polar surface area (TPSA) is 63.1 Å². The first-order valence-electron chi connectivity index (χ1n) is 10.7. The second-order valence-corrected chi connectivity index (χ2v) is 7.61. The Morgan fingerprint density at radius 1 is 1.04 bits per heavy atom. The summed E-state index contributed by atoms with van der Waals surface area (Å²) in [6, 6.07) is 0. The van der Waals surface area contributed by atoms with Crippen LogP contribution in [0.3, 0.4) is 0 Å². The normalized spacial score (nSPS) is 19.3. The van der Waals surface area contributed by atoms with Crippen molar-refractivity contribution in [2.24, 2.45) is 16.8 Å². The van der Waals surface area contributed by atoms with E-state index >= 15 is 0 Å². The number of nitrogens with one attached hydrogen (secondary N) is 2. The molecule has 2 atom stereocenters. The molecule has 26 heavy (non-hydrogen) atoms. The molecule has 0 spiro atoms. The van der Waals surface area contributed by atoms with E-state index in [4.69, 9.17) is 4.99 Å². The molecule has 0 aromatic carbocycles. The number of nitrogens with zero attached hydrogens (tertiary/aromatic N) is 3.